The van der Waals surface area contributed by atoms with Gasteiger partial charge in [-0.25, -0.2) is 0 Å². The molecule has 1 N–H and O–H groups in total. The van der Waals surface area contributed by atoms with E-state index in [2.05, 4.69) is 19.2 Å². The molecule has 1 heterocycles. The zero-order valence-electron chi connectivity index (χ0n) is 10.6. The first kappa shape index (κ1) is 12.2. The SMILES string of the molecule is CCCC(NCC)C1COc2ccccc2O1. The van der Waals surface area contributed by atoms with Crippen LogP contribution < -0.4 is 14.8 Å². The van der Waals surface area contributed by atoms with Crippen molar-refractivity contribution in [2.45, 2.75) is 38.8 Å². The Labute approximate surface area is 103 Å². The summed E-state index contributed by atoms with van der Waals surface area (Å²) in [6.45, 7) is 5.92. The largest absolute Gasteiger partial charge is 0.486 e. The van der Waals surface area contributed by atoms with Crippen LogP contribution in [-0.2, 0) is 0 Å². The summed E-state index contributed by atoms with van der Waals surface area (Å²) in [4.78, 5) is 0. The van der Waals surface area contributed by atoms with Crippen LogP contribution in [-0.4, -0.2) is 25.3 Å². The molecule has 0 saturated heterocycles. The van der Waals surface area contributed by atoms with Crippen molar-refractivity contribution in [1.29, 1.82) is 0 Å². The van der Waals surface area contributed by atoms with E-state index in [0.717, 1.165) is 30.9 Å². The van der Waals surface area contributed by atoms with Crippen molar-refractivity contribution < 1.29 is 9.47 Å². The molecule has 2 rings (SSSR count). The van der Waals surface area contributed by atoms with E-state index in [0.29, 0.717) is 12.6 Å². The van der Waals surface area contributed by atoms with Crippen molar-refractivity contribution in [3.05, 3.63) is 24.3 Å². The van der Waals surface area contributed by atoms with Crippen LogP contribution in [0.2, 0.25) is 0 Å². The molecular weight excluding hydrogens is 214 g/mol. The second-order valence-corrected chi connectivity index (χ2v) is 4.37. The van der Waals surface area contributed by atoms with Crippen LogP contribution in [0.15, 0.2) is 24.3 Å². The Morgan fingerprint density at radius 3 is 2.76 bits per heavy atom. The Morgan fingerprint density at radius 1 is 1.29 bits per heavy atom. The second kappa shape index (κ2) is 5.92. The fraction of sp³-hybridized carbons (Fsp3) is 0.571. The number of para-hydroxylation sites is 2. The molecule has 3 heteroatoms. The van der Waals surface area contributed by atoms with Gasteiger partial charge < -0.3 is 14.8 Å². The van der Waals surface area contributed by atoms with Crippen LogP contribution in [0.25, 0.3) is 0 Å². The van der Waals surface area contributed by atoms with Gasteiger partial charge >= 0.3 is 0 Å². The predicted octanol–water partition coefficient (Wildman–Crippen LogP) is 2.60. The molecule has 2 atom stereocenters. The van der Waals surface area contributed by atoms with Gasteiger partial charge in [-0.15, -0.1) is 0 Å². The third kappa shape index (κ3) is 2.91. The molecule has 3 nitrogen and oxygen atoms in total. The van der Waals surface area contributed by atoms with E-state index in [1.807, 2.05) is 24.3 Å². The number of hydrogen-bond acceptors (Lipinski definition) is 3. The maximum absolute atomic E-state index is 6.01. The molecule has 0 aliphatic carbocycles. The molecule has 1 aromatic rings. The zero-order chi connectivity index (χ0) is 12.1. The first-order chi connectivity index (χ1) is 8.35. The van der Waals surface area contributed by atoms with E-state index in [1.54, 1.807) is 0 Å². The monoisotopic (exact) mass is 235 g/mol. The fourth-order valence-corrected chi connectivity index (χ4v) is 2.23. The number of hydrogen-bond donors (Lipinski definition) is 1. The van der Waals surface area contributed by atoms with Crippen molar-refractivity contribution in [1.82, 2.24) is 5.32 Å². The lowest BCUT2D eigenvalue weighted by Gasteiger charge is -2.32. The summed E-state index contributed by atoms with van der Waals surface area (Å²) in [7, 11) is 0. The van der Waals surface area contributed by atoms with Gasteiger partial charge in [0, 0.05) is 6.04 Å². The normalized spacial score (nSPS) is 20.0. The van der Waals surface area contributed by atoms with E-state index >= 15 is 0 Å². The molecule has 0 aromatic heterocycles. The highest BCUT2D eigenvalue weighted by molar-refractivity contribution is 5.40. The Kier molecular flexibility index (Phi) is 4.26. The third-order valence-corrected chi connectivity index (χ3v) is 3.05. The molecule has 0 radical (unpaired) electrons. The Morgan fingerprint density at radius 2 is 2.06 bits per heavy atom. The molecule has 1 aliphatic heterocycles. The molecule has 1 aliphatic rings. The first-order valence-corrected chi connectivity index (χ1v) is 6.47. The minimum absolute atomic E-state index is 0.116. The average Bonchev–Trinajstić information content (AvgIpc) is 2.38. The lowest BCUT2D eigenvalue weighted by Crippen LogP contribution is -2.47. The van der Waals surface area contributed by atoms with Gasteiger partial charge in [0.05, 0.1) is 0 Å². The molecular formula is C14H21NO2. The summed E-state index contributed by atoms with van der Waals surface area (Å²) in [5, 5.41) is 3.48. The summed E-state index contributed by atoms with van der Waals surface area (Å²) >= 11 is 0. The van der Waals surface area contributed by atoms with E-state index in [9.17, 15) is 0 Å². The maximum atomic E-state index is 6.01. The summed E-state index contributed by atoms with van der Waals surface area (Å²) < 4.78 is 11.8. The number of rotatable bonds is 5. The molecule has 0 saturated carbocycles. The van der Waals surface area contributed by atoms with Crippen LogP contribution >= 0.6 is 0 Å². The Hall–Kier alpha value is -1.22. The van der Waals surface area contributed by atoms with Crippen LogP contribution in [0.4, 0.5) is 0 Å². The zero-order valence-corrected chi connectivity index (χ0v) is 10.6. The summed E-state index contributed by atoms with van der Waals surface area (Å²) in [5.74, 6) is 1.72. The highest BCUT2D eigenvalue weighted by atomic mass is 16.6. The minimum Gasteiger partial charge on any atom is -0.486 e. The van der Waals surface area contributed by atoms with Crippen molar-refractivity contribution in [2.24, 2.45) is 0 Å². The van der Waals surface area contributed by atoms with E-state index < -0.39 is 0 Å². The molecule has 0 fully saturated rings. The smallest absolute Gasteiger partial charge is 0.161 e. The number of benzene rings is 1. The predicted molar refractivity (Wildman–Crippen MR) is 68.7 cm³/mol. The average molecular weight is 235 g/mol. The molecule has 94 valence electrons. The maximum Gasteiger partial charge on any atom is 0.161 e. The number of ether oxygens (including phenoxy) is 2. The standard InChI is InChI=1S/C14H21NO2/c1-3-7-11(15-4-2)14-10-16-12-8-5-6-9-13(12)17-14/h5-6,8-9,11,14-15H,3-4,7,10H2,1-2H3. The van der Waals surface area contributed by atoms with Gasteiger partial charge in [0.1, 0.15) is 12.7 Å². The molecule has 0 amide bonds. The number of likely N-dealkylation sites (N-methyl/N-ethyl adjacent to an activating group) is 1. The van der Waals surface area contributed by atoms with Gasteiger partial charge in [-0.05, 0) is 25.1 Å². The molecule has 0 bridgehead atoms. The van der Waals surface area contributed by atoms with Crippen LogP contribution in [0.5, 0.6) is 11.5 Å². The van der Waals surface area contributed by atoms with Gasteiger partial charge in [0.2, 0.25) is 0 Å². The third-order valence-electron chi connectivity index (χ3n) is 3.05. The summed E-state index contributed by atoms with van der Waals surface area (Å²) in [6.07, 6.45) is 2.38. The van der Waals surface area contributed by atoms with E-state index in [1.165, 1.54) is 0 Å². The molecule has 2 unspecified atom stereocenters. The van der Waals surface area contributed by atoms with Crippen molar-refractivity contribution in [3.8, 4) is 11.5 Å². The highest BCUT2D eigenvalue weighted by Gasteiger charge is 2.27. The first-order valence-electron chi connectivity index (χ1n) is 6.47. The second-order valence-electron chi connectivity index (χ2n) is 4.37. The topological polar surface area (TPSA) is 30.5 Å². The van der Waals surface area contributed by atoms with Crippen molar-refractivity contribution >= 4 is 0 Å². The van der Waals surface area contributed by atoms with Crippen LogP contribution in [0.3, 0.4) is 0 Å². The molecule has 0 spiro atoms. The minimum atomic E-state index is 0.116. The van der Waals surface area contributed by atoms with Crippen molar-refractivity contribution in [2.75, 3.05) is 13.2 Å². The highest BCUT2D eigenvalue weighted by Crippen LogP contribution is 2.32. The Bertz CT molecular complexity index is 348. The lowest BCUT2D eigenvalue weighted by molar-refractivity contribution is 0.0597. The quantitative estimate of drug-likeness (QED) is 0.851. The lowest BCUT2D eigenvalue weighted by atomic mass is 10.1. The van der Waals surface area contributed by atoms with E-state index in [4.69, 9.17) is 9.47 Å². The molecule has 17 heavy (non-hydrogen) atoms. The van der Waals surface area contributed by atoms with Gasteiger partial charge in [-0.1, -0.05) is 32.4 Å². The summed E-state index contributed by atoms with van der Waals surface area (Å²) in [6, 6.07) is 8.24. The van der Waals surface area contributed by atoms with E-state index in [-0.39, 0.29) is 6.10 Å². The summed E-state index contributed by atoms with van der Waals surface area (Å²) in [5.41, 5.74) is 0. The van der Waals surface area contributed by atoms with Gasteiger partial charge in [-0.3, -0.25) is 0 Å². The van der Waals surface area contributed by atoms with Gasteiger partial charge in [0.15, 0.2) is 11.5 Å². The van der Waals surface area contributed by atoms with Crippen molar-refractivity contribution in [3.63, 3.8) is 0 Å². The number of nitrogens with one attached hydrogen (secondary N) is 1. The fourth-order valence-electron chi connectivity index (χ4n) is 2.23. The van der Waals surface area contributed by atoms with Crippen LogP contribution in [0, 0.1) is 0 Å². The van der Waals surface area contributed by atoms with Gasteiger partial charge in [0.25, 0.3) is 0 Å². The Balaban J connectivity index is 2.04. The molecule has 1 aromatic carbocycles. The van der Waals surface area contributed by atoms with Crippen LogP contribution in [0.1, 0.15) is 26.7 Å². The number of fused-ring (bicyclic) bond motifs is 1. The van der Waals surface area contributed by atoms with Gasteiger partial charge in [-0.2, -0.15) is 0 Å².